The van der Waals surface area contributed by atoms with Crippen LogP contribution in [0.25, 0.3) is 44.1 Å². The summed E-state index contributed by atoms with van der Waals surface area (Å²) in [4.78, 5) is 8.62. The minimum atomic E-state index is 0. The van der Waals surface area contributed by atoms with Crippen LogP contribution in [-0.2, 0) is 34.1 Å². The molecule has 2 nitrogen and oxygen atoms in total. The van der Waals surface area contributed by atoms with E-state index < -0.39 is 0 Å². The second-order valence-electron chi connectivity index (χ2n) is 7.36. The molecule has 34 heavy (non-hydrogen) atoms. The monoisotopic (exact) mass is 534 g/mol. The molecule has 0 spiro atoms. The number of rotatable bonds is 2. The number of benzene rings is 4. The molecule has 0 aliphatic heterocycles. The Kier molecular flexibility index (Phi) is 9.15. The van der Waals surface area contributed by atoms with Crippen molar-refractivity contribution >= 4 is 21.8 Å². The van der Waals surface area contributed by atoms with Gasteiger partial charge in [0.05, 0.1) is 0 Å². The zero-order chi connectivity index (χ0) is 21.6. The van der Waals surface area contributed by atoms with Crippen LogP contribution in [0, 0.1) is 12.1 Å². The number of fused-ring (bicyclic) bond motifs is 2. The van der Waals surface area contributed by atoms with Gasteiger partial charge in [-0.25, -0.2) is 0 Å². The smallest absolute Gasteiger partial charge is 0.276 e. The molecule has 6 rings (SSSR count). The predicted molar refractivity (Wildman–Crippen MR) is 132 cm³/mol. The molecule has 0 amide bonds. The van der Waals surface area contributed by atoms with Crippen molar-refractivity contribution in [3.63, 3.8) is 0 Å². The molecule has 2 aromatic heterocycles. The minimum Gasteiger partial charge on any atom is -0.276 e. The summed E-state index contributed by atoms with van der Waals surface area (Å²) >= 11 is 0. The van der Waals surface area contributed by atoms with Crippen LogP contribution < -0.4 is 0 Å². The second kappa shape index (κ2) is 12.3. The third-order valence-electron chi connectivity index (χ3n) is 5.21. The van der Waals surface area contributed by atoms with Crippen LogP contribution in [0.15, 0.2) is 122 Å². The molecule has 6 aromatic rings. The number of hydrogen-bond donors (Lipinski definition) is 0. The first-order valence-corrected chi connectivity index (χ1v) is 10.5. The molecule has 0 saturated heterocycles. The van der Waals surface area contributed by atoms with Crippen molar-refractivity contribution in [1.82, 2.24) is 9.97 Å². The molecule has 0 unspecified atom stereocenters. The number of hydrogen-bond acceptors (Lipinski definition) is 2. The van der Waals surface area contributed by atoms with Crippen molar-refractivity contribution in [2.75, 3.05) is 0 Å². The van der Waals surface area contributed by atoms with E-state index in [0.717, 1.165) is 32.9 Å². The van der Waals surface area contributed by atoms with E-state index in [9.17, 15) is 0 Å². The van der Waals surface area contributed by atoms with Crippen molar-refractivity contribution in [1.29, 1.82) is 0 Å². The van der Waals surface area contributed by atoms with Crippen LogP contribution in [0.2, 0.25) is 0 Å². The number of pyridine rings is 2. The zero-order valence-electron chi connectivity index (χ0n) is 18.0. The van der Waals surface area contributed by atoms with Gasteiger partial charge < -0.3 is 0 Å². The average Bonchev–Trinajstić information content (AvgIpc) is 2.89. The maximum atomic E-state index is 4.31. The summed E-state index contributed by atoms with van der Waals surface area (Å²) in [5.74, 6) is 0. The zero-order valence-corrected chi connectivity index (χ0v) is 19.9. The summed E-state index contributed by atoms with van der Waals surface area (Å²) in [5.41, 5.74) is 6.37. The maximum Gasteiger partial charge on any atom is 1.00 e. The van der Waals surface area contributed by atoms with Crippen LogP contribution in [0.3, 0.4) is 0 Å². The molecule has 0 N–H and O–H groups in total. The van der Waals surface area contributed by atoms with E-state index in [1.54, 1.807) is 12.4 Å². The van der Waals surface area contributed by atoms with Crippen LogP contribution in [0.1, 0.15) is 0 Å². The third-order valence-corrected chi connectivity index (χ3v) is 5.21. The van der Waals surface area contributed by atoms with Gasteiger partial charge in [0.1, 0.15) is 0 Å². The Morgan fingerprint density at radius 3 is 1.24 bits per heavy atom. The summed E-state index contributed by atoms with van der Waals surface area (Å²) in [6.45, 7) is 0. The Bertz CT molecular complexity index is 1350. The average molecular weight is 536 g/mol. The van der Waals surface area contributed by atoms with Crippen molar-refractivity contribution in [3.05, 3.63) is 134 Å². The summed E-state index contributed by atoms with van der Waals surface area (Å²) in [5, 5.41) is 2.25. The van der Waals surface area contributed by atoms with Gasteiger partial charge in [-0.05, 0) is 11.0 Å². The molecule has 0 saturated carbocycles. The Hall–Kier alpha value is -3.26. The van der Waals surface area contributed by atoms with Crippen molar-refractivity contribution in [2.45, 2.75) is 0 Å². The molecule has 0 radical (unpaired) electrons. The van der Waals surface area contributed by atoms with E-state index in [4.69, 9.17) is 0 Å². The minimum absolute atomic E-state index is 0. The molecule has 4 heteroatoms. The van der Waals surface area contributed by atoms with Crippen LogP contribution in [-0.4, -0.2) is 9.97 Å². The van der Waals surface area contributed by atoms with Crippen LogP contribution in [0.4, 0.5) is 0 Å². The SMILES string of the molecule is [Cu+].[Cu+].[c-]1c(-c2ccccc2)ccc2cccnc12.[c-]1c(-c2ccccc2)ccc2cccnc12. The largest absolute Gasteiger partial charge is 1.00 e. The number of aromatic nitrogens is 2. The third kappa shape index (κ3) is 5.99. The summed E-state index contributed by atoms with van der Waals surface area (Å²) in [6, 6.07) is 43.5. The van der Waals surface area contributed by atoms with Gasteiger partial charge in [0, 0.05) is 12.4 Å². The first-order chi connectivity index (χ1) is 15.9. The topological polar surface area (TPSA) is 25.8 Å². The Balaban J connectivity index is 0.000000180. The fraction of sp³-hybridized carbons (Fsp3) is 0. The van der Waals surface area contributed by atoms with E-state index in [1.807, 2.05) is 60.7 Å². The van der Waals surface area contributed by atoms with Crippen LogP contribution >= 0.6 is 0 Å². The van der Waals surface area contributed by atoms with Crippen molar-refractivity contribution < 1.29 is 34.1 Å². The first kappa shape index (κ1) is 25.4. The van der Waals surface area contributed by atoms with E-state index in [-0.39, 0.29) is 34.1 Å². The van der Waals surface area contributed by atoms with E-state index >= 15 is 0 Å². The summed E-state index contributed by atoms with van der Waals surface area (Å²) in [6.07, 6.45) is 3.60. The van der Waals surface area contributed by atoms with E-state index in [2.05, 4.69) is 70.6 Å². The molecular weight excluding hydrogens is 515 g/mol. The molecule has 0 bridgehead atoms. The van der Waals surface area contributed by atoms with Crippen molar-refractivity contribution in [3.8, 4) is 22.3 Å². The van der Waals surface area contributed by atoms with Gasteiger partial charge >= 0.3 is 34.1 Å². The quantitative estimate of drug-likeness (QED) is 0.171. The Labute approximate surface area is 221 Å². The molecule has 2 heterocycles. The van der Waals surface area contributed by atoms with Crippen molar-refractivity contribution in [2.24, 2.45) is 0 Å². The summed E-state index contributed by atoms with van der Waals surface area (Å²) in [7, 11) is 0. The van der Waals surface area contributed by atoms with E-state index in [1.165, 1.54) is 11.1 Å². The van der Waals surface area contributed by atoms with E-state index in [0.29, 0.717) is 0 Å². The molecule has 0 atom stereocenters. The Morgan fingerprint density at radius 1 is 0.412 bits per heavy atom. The fourth-order valence-corrected chi connectivity index (χ4v) is 3.57. The molecule has 0 aliphatic carbocycles. The van der Waals surface area contributed by atoms with Crippen LogP contribution in [0.5, 0.6) is 0 Å². The Morgan fingerprint density at radius 2 is 0.824 bits per heavy atom. The van der Waals surface area contributed by atoms with Gasteiger partial charge in [-0.1, -0.05) is 107 Å². The maximum absolute atomic E-state index is 4.31. The second-order valence-corrected chi connectivity index (χ2v) is 7.36. The molecule has 0 aliphatic rings. The molecular formula is C30H20Cu2N2. The first-order valence-electron chi connectivity index (χ1n) is 10.5. The van der Waals surface area contributed by atoms with Gasteiger partial charge in [0.2, 0.25) is 0 Å². The predicted octanol–water partition coefficient (Wildman–Crippen LogP) is 7.40. The van der Waals surface area contributed by atoms with Gasteiger partial charge in [-0.15, -0.1) is 47.5 Å². The van der Waals surface area contributed by atoms with Gasteiger partial charge in [0.15, 0.2) is 0 Å². The standard InChI is InChI=1S/2C15H10N.2Cu/c2*1-2-5-12(6-3-1)14-9-8-13-7-4-10-16-15(13)11-14;;/h2*1-10H;;/q2*-1;2*+1. The van der Waals surface area contributed by atoms with Gasteiger partial charge in [0.25, 0.3) is 0 Å². The molecule has 4 aromatic carbocycles. The molecule has 0 fully saturated rings. The normalized spacial score (nSPS) is 9.88. The van der Waals surface area contributed by atoms with Gasteiger partial charge in [-0.2, -0.15) is 0 Å². The van der Waals surface area contributed by atoms with Gasteiger partial charge in [-0.3, -0.25) is 9.97 Å². The fourth-order valence-electron chi connectivity index (χ4n) is 3.57. The molecule has 172 valence electrons. The number of nitrogens with zero attached hydrogens (tertiary/aromatic N) is 2. The summed E-state index contributed by atoms with van der Waals surface area (Å²) < 4.78 is 0.